The second-order valence-corrected chi connectivity index (χ2v) is 6.01. The van der Waals surface area contributed by atoms with Crippen molar-refractivity contribution in [2.45, 2.75) is 6.92 Å². The first-order valence-corrected chi connectivity index (χ1v) is 8.07. The maximum absolute atomic E-state index is 11.4. The highest BCUT2D eigenvalue weighted by Gasteiger charge is 2.16. The Morgan fingerprint density at radius 2 is 1.80 bits per heavy atom. The van der Waals surface area contributed by atoms with Crippen molar-refractivity contribution in [3.63, 3.8) is 0 Å². The summed E-state index contributed by atoms with van der Waals surface area (Å²) < 4.78 is 2.11. The van der Waals surface area contributed by atoms with Gasteiger partial charge in [0, 0.05) is 22.5 Å². The van der Waals surface area contributed by atoms with E-state index in [-0.39, 0.29) is 0 Å². The van der Waals surface area contributed by atoms with E-state index in [9.17, 15) is 4.79 Å². The van der Waals surface area contributed by atoms with Crippen LogP contribution in [0.1, 0.15) is 16.2 Å². The van der Waals surface area contributed by atoms with Gasteiger partial charge in [0.05, 0.1) is 11.0 Å². The number of rotatable bonds is 3. The van der Waals surface area contributed by atoms with Gasteiger partial charge in [0.15, 0.2) is 0 Å². The van der Waals surface area contributed by atoms with E-state index in [2.05, 4.69) is 9.55 Å². The van der Waals surface area contributed by atoms with Gasteiger partial charge >= 0.3 is 0 Å². The number of imidazole rings is 1. The second kappa shape index (κ2) is 5.91. The number of fused-ring (bicyclic) bond motifs is 1. The van der Waals surface area contributed by atoms with Crippen LogP contribution >= 0.6 is 0 Å². The molecule has 0 aliphatic carbocycles. The predicted octanol–water partition coefficient (Wildman–Crippen LogP) is 4.40. The Balaban J connectivity index is 2.12. The van der Waals surface area contributed by atoms with E-state index in [0.29, 0.717) is 11.3 Å². The quantitative estimate of drug-likeness (QED) is 0.448. The van der Waals surface area contributed by atoms with Crippen molar-refractivity contribution in [3.8, 4) is 16.8 Å². The SMILES string of the molecule is Cc1nc2cc(C=O)cc(-c3cccc(N)c3)c2n1-c1ccccc1. The average Bonchev–Trinajstić information content (AvgIpc) is 2.97. The molecule has 3 aromatic carbocycles. The summed E-state index contributed by atoms with van der Waals surface area (Å²) in [7, 11) is 0. The van der Waals surface area contributed by atoms with Crippen LogP contribution < -0.4 is 5.73 Å². The number of nitrogens with two attached hydrogens (primary N) is 1. The smallest absolute Gasteiger partial charge is 0.150 e. The third-order valence-electron chi connectivity index (χ3n) is 4.29. The number of hydrogen-bond donors (Lipinski definition) is 1. The normalized spacial score (nSPS) is 10.9. The summed E-state index contributed by atoms with van der Waals surface area (Å²) in [5.41, 5.74) is 12.0. The second-order valence-electron chi connectivity index (χ2n) is 6.01. The maximum atomic E-state index is 11.4. The highest BCUT2D eigenvalue weighted by atomic mass is 16.1. The molecule has 25 heavy (non-hydrogen) atoms. The molecule has 0 fully saturated rings. The molecule has 0 bridgehead atoms. The van der Waals surface area contributed by atoms with Crippen LogP contribution in [0.4, 0.5) is 5.69 Å². The number of nitrogen functional groups attached to an aromatic ring is 1. The summed E-state index contributed by atoms with van der Waals surface area (Å²) in [5.74, 6) is 0.870. The van der Waals surface area contributed by atoms with Crippen LogP contribution in [0.15, 0.2) is 66.7 Å². The Morgan fingerprint density at radius 1 is 1.00 bits per heavy atom. The van der Waals surface area contributed by atoms with Crippen molar-refractivity contribution in [1.82, 2.24) is 9.55 Å². The lowest BCUT2D eigenvalue weighted by atomic mass is 10.0. The zero-order valence-corrected chi connectivity index (χ0v) is 13.8. The molecule has 0 unspecified atom stereocenters. The predicted molar refractivity (Wildman–Crippen MR) is 101 cm³/mol. The average molecular weight is 327 g/mol. The van der Waals surface area contributed by atoms with Crippen LogP contribution in [0.3, 0.4) is 0 Å². The largest absolute Gasteiger partial charge is 0.399 e. The van der Waals surface area contributed by atoms with Crippen molar-refractivity contribution in [1.29, 1.82) is 0 Å². The van der Waals surface area contributed by atoms with Gasteiger partial charge in [-0.3, -0.25) is 9.36 Å². The molecular weight excluding hydrogens is 310 g/mol. The molecule has 0 amide bonds. The molecule has 1 aromatic heterocycles. The molecule has 4 nitrogen and oxygen atoms in total. The monoisotopic (exact) mass is 327 g/mol. The Labute approximate surface area is 145 Å². The first-order valence-electron chi connectivity index (χ1n) is 8.07. The molecule has 0 atom stereocenters. The molecule has 0 saturated heterocycles. The first-order chi connectivity index (χ1) is 12.2. The summed E-state index contributed by atoms with van der Waals surface area (Å²) in [6.45, 7) is 1.97. The van der Waals surface area contributed by atoms with Gasteiger partial charge in [0.25, 0.3) is 0 Å². The lowest BCUT2D eigenvalue weighted by molar-refractivity contribution is 0.112. The lowest BCUT2D eigenvalue weighted by Crippen LogP contribution is -1.98. The van der Waals surface area contributed by atoms with E-state index in [4.69, 9.17) is 5.73 Å². The number of aryl methyl sites for hydroxylation is 1. The fourth-order valence-corrected chi connectivity index (χ4v) is 3.23. The van der Waals surface area contributed by atoms with Gasteiger partial charge in [-0.1, -0.05) is 30.3 Å². The minimum absolute atomic E-state index is 0.600. The minimum atomic E-state index is 0.600. The number of para-hydroxylation sites is 1. The van der Waals surface area contributed by atoms with E-state index in [0.717, 1.165) is 40.0 Å². The van der Waals surface area contributed by atoms with E-state index in [1.165, 1.54) is 0 Å². The summed E-state index contributed by atoms with van der Waals surface area (Å²) >= 11 is 0. The van der Waals surface area contributed by atoms with Gasteiger partial charge in [-0.2, -0.15) is 0 Å². The number of aldehydes is 1. The molecule has 0 saturated carbocycles. The van der Waals surface area contributed by atoms with Crippen LogP contribution in [0.5, 0.6) is 0 Å². The molecule has 0 radical (unpaired) electrons. The number of benzene rings is 3. The standard InChI is InChI=1S/C21H17N3O/c1-14-23-20-11-15(13-25)10-19(16-6-5-7-17(22)12-16)21(20)24(14)18-8-3-2-4-9-18/h2-13H,22H2,1H3. The Bertz CT molecular complexity index is 1080. The Kier molecular flexibility index (Phi) is 3.58. The fourth-order valence-electron chi connectivity index (χ4n) is 3.23. The molecule has 0 aliphatic rings. The van der Waals surface area contributed by atoms with Crippen molar-refractivity contribution in [2.24, 2.45) is 0 Å². The maximum Gasteiger partial charge on any atom is 0.150 e. The van der Waals surface area contributed by atoms with Crippen molar-refractivity contribution in [2.75, 3.05) is 5.73 Å². The van der Waals surface area contributed by atoms with Crippen LogP contribution in [0.25, 0.3) is 27.8 Å². The Hall–Kier alpha value is -3.40. The fraction of sp³-hybridized carbons (Fsp3) is 0.0476. The molecule has 1 heterocycles. The van der Waals surface area contributed by atoms with Crippen molar-refractivity contribution >= 4 is 23.0 Å². The number of carbonyl (C=O) groups excluding carboxylic acids is 1. The van der Waals surface area contributed by atoms with Crippen LogP contribution in [-0.2, 0) is 0 Å². The summed E-state index contributed by atoms with van der Waals surface area (Å²) in [4.78, 5) is 16.1. The lowest BCUT2D eigenvalue weighted by Gasteiger charge is -2.12. The van der Waals surface area contributed by atoms with Gasteiger partial charge < -0.3 is 5.73 Å². The summed E-state index contributed by atoms with van der Waals surface area (Å²) in [6.07, 6.45) is 0.853. The van der Waals surface area contributed by atoms with E-state index >= 15 is 0 Å². The zero-order valence-electron chi connectivity index (χ0n) is 13.8. The zero-order chi connectivity index (χ0) is 17.4. The highest BCUT2D eigenvalue weighted by Crippen LogP contribution is 2.33. The molecule has 4 rings (SSSR count). The van der Waals surface area contributed by atoms with Gasteiger partial charge in [0.1, 0.15) is 12.1 Å². The summed E-state index contributed by atoms with van der Waals surface area (Å²) in [6, 6.07) is 21.5. The third-order valence-corrected chi connectivity index (χ3v) is 4.29. The van der Waals surface area contributed by atoms with Crippen molar-refractivity contribution in [3.05, 3.63) is 78.1 Å². The number of nitrogens with zero attached hydrogens (tertiary/aromatic N) is 2. The first kappa shape index (κ1) is 15.1. The Morgan fingerprint density at radius 3 is 2.52 bits per heavy atom. The minimum Gasteiger partial charge on any atom is -0.399 e. The van der Waals surface area contributed by atoms with Crippen LogP contribution in [0, 0.1) is 6.92 Å². The third kappa shape index (κ3) is 2.58. The molecule has 122 valence electrons. The molecule has 0 spiro atoms. The highest BCUT2D eigenvalue weighted by molar-refractivity contribution is 5.98. The molecule has 4 aromatic rings. The van der Waals surface area contributed by atoms with E-state index < -0.39 is 0 Å². The number of anilines is 1. The molecule has 2 N–H and O–H groups in total. The summed E-state index contributed by atoms with van der Waals surface area (Å²) in [5, 5.41) is 0. The van der Waals surface area contributed by atoms with E-state index in [1.54, 1.807) is 0 Å². The number of aromatic nitrogens is 2. The van der Waals surface area contributed by atoms with Crippen molar-refractivity contribution < 1.29 is 4.79 Å². The number of carbonyl (C=O) groups is 1. The van der Waals surface area contributed by atoms with Crippen LogP contribution in [0.2, 0.25) is 0 Å². The number of hydrogen-bond acceptors (Lipinski definition) is 3. The van der Waals surface area contributed by atoms with Gasteiger partial charge in [-0.15, -0.1) is 0 Å². The molecule has 0 aliphatic heterocycles. The molecule has 4 heteroatoms. The van der Waals surface area contributed by atoms with Gasteiger partial charge in [0.2, 0.25) is 0 Å². The molecular formula is C21H17N3O. The van der Waals surface area contributed by atoms with Crippen LogP contribution in [-0.4, -0.2) is 15.8 Å². The van der Waals surface area contributed by atoms with E-state index in [1.807, 2.05) is 73.7 Å². The van der Waals surface area contributed by atoms with Gasteiger partial charge in [-0.05, 0) is 48.9 Å². The van der Waals surface area contributed by atoms with Gasteiger partial charge in [-0.25, -0.2) is 4.98 Å². The topological polar surface area (TPSA) is 60.9 Å².